The Labute approximate surface area is 202 Å². The van der Waals surface area contributed by atoms with Crippen molar-refractivity contribution < 1.29 is 10.2 Å². The van der Waals surface area contributed by atoms with Crippen LogP contribution in [0, 0.1) is 0 Å². The van der Waals surface area contributed by atoms with Gasteiger partial charge >= 0.3 is 0 Å². The van der Waals surface area contributed by atoms with Gasteiger partial charge in [0.2, 0.25) is 0 Å². The summed E-state index contributed by atoms with van der Waals surface area (Å²) in [6, 6.07) is 6.73. The second-order valence-electron chi connectivity index (χ2n) is 11.1. The molecule has 0 unspecified atom stereocenters. The summed E-state index contributed by atoms with van der Waals surface area (Å²) in [5.41, 5.74) is 11.4. The number of aliphatic hydroxyl groups is 2. The summed E-state index contributed by atoms with van der Waals surface area (Å²) in [4.78, 5) is 7.38. The minimum absolute atomic E-state index is 0.198. The highest BCUT2D eigenvalue weighted by molar-refractivity contribution is 7.14. The molecule has 2 heterocycles. The molecule has 0 radical (unpaired) electrons. The van der Waals surface area contributed by atoms with E-state index in [-0.39, 0.29) is 17.4 Å². The first kappa shape index (κ1) is 24.6. The predicted octanol–water partition coefficient (Wildman–Crippen LogP) is 3.40. The summed E-state index contributed by atoms with van der Waals surface area (Å²) in [5, 5.41) is 25.7. The second kappa shape index (κ2) is 9.62. The van der Waals surface area contributed by atoms with Gasteiger partial charge in [-0.15, -0.1) is 11.3 Å². The minimum atomic E-state index is -0.721. The molecule has 1 aromatic heterocycles. The number of nitrogens with zero attached hydrogens (tertiary/aromatic N) is 2. The van der Waals surface area contributed by atoms with Crippen LogP contribution in [-0.2, 0) is 10.8 Å². The molecule has 5 N–H and O–H groups in total. The lowest BCUT2D eigenvalue weighted by atomic mass is 9.63. The third kappa shape index (κ3) is 5.28. The normalized spacial score (nSPS) is 22.1. The number of fused-ring (bicyclic) bond motifs is 1. The highest BCUT2D eigenvalue weighted by atomic mass is 32.1. The molecule has 2 atom stereocenters. The molecule has 1 aliphatic carbocycles. The van der Waals surface area contributed by atoms with E-state index in [4.69, 9.17) is 15.8 Å². The van der Waals surface area contributed by atoms with Crippen LogP contribution in [0.5, 0.6) is 0 Å². The average molecular weight is 473 g/mol. The Balaban J connectivity index is 1.40. The van der Waals surface area contributed by atoms with Gasteiger partial charge in [0, 0.05) is 36.6 Å². The van der Waals surface area contributed by atoms with E-state index in [0.29, 0.717) is 12.6 Å². The van der Waals surface area contributed by atoms with Crippen molar-refractivity contribution in [3.63, 3.8) is 0 Å². The van der Waals surface area contributed by atoms with Crippen molar-refractivity contribution in [1.29, 1.82) is 0 Å². The predicted molar refractivity (Wildman–Crippen MR) is 137 cm³/mol. The fourth-order valence-corrected chi connectivity index (χ4v) is 6.01. The van der Waals surface area contributed by atoms with Gasteiger partial charge in [-0.3, -0.25) is 0 Å². The summed E-state index contributed by atoms with van der Waals surface area (Å²) in [7, 11) is 0. The van der Waals surface area contributed by atoms with Crippen molar-refractivity contribution in [2.24, 2.45) is 5.73 Å². The molecule has 0 amide bonds. The summed E-state index contributed by atoms with van der Waals surface area (Å²) in [6.07, 6.45) is 3.72. The number of benzene rings is 1. The molecule has 1 aliphatic heterocycles. The fraction of sp³-hybridized carbons (Fsp3) is 0.654. The molecule has 7 heteroatoms. The number of anilines is 1. The van der Waals surface area contributed by atoms with E-state index in [0.717, 1.165) is 36.8 Å². The molecule has 4 rings (SSSR count). The maximum Gasteiger partial charge on any atom is 0.185 e. The fourth-order valence-electron chi connectivity index (χ4n) is 5.13. The monoisotopic (exact) mass is 472 g/mol. The van der Waals surface area contributed by atoms with Crippen LogP contribution >= 0.6 is 11.3 Å². The van der Waals surface area contributed by atoms with Crippen LogP contribution in [0.25, 0.3) is 11.3 Å². The summed E-state index contributed by atoms with van der Waals surface area (Å²) >= 11 is 1.72. The summed E-state index contributed by atoms with van der Waals surface area (Å²) < 4.78 is 0. The summed E-state index contributed by atoms with van der Waals surface area (Å²) in [5.74, 6) is 0. The lowest BCUT2D eigenvalue weighted by molar-refractivity contribution is 0.104. The van der Waals surface area contributed by atoms with Crippen molar-refractivity contribution in [3.8, 4) is 11.3 Å². The van der Waals surface area contributed by atoms with E-state index >= 15 is 0 Å². The Morgan fingerprint density at radius 1 is 1.15 bits per heavy atom. The Bertz CT molecular complexity index is 950. The SMILES string of the molecule is CC1(C)CCC(C)(C)c2cc(-c3csc(N4CCC(NC[C@H](O)[C@@H](N)CO)CC4)n3)ccc21. The third-order valence-corrected chi connectivity index (χ3v) is 8.63. The number of nitrogens with two attached hydrogens (primary N) is 1. The molecule has 1 fully saturated rings. The molecule has 0 spiro atoms. The molecule has 1 aromatic carbocycles. The van der Waals surface area contributed by atoms with E-state index in [2.05, 4.69) is 61.5 Å². The zero-order valence-corrected chi connectivity index (χ0v) is 21.3. The number of piperidine rings is 1. The maximum absolute atomic E-state index is 9.96. The largest absolute Gasteiger partial charge is 0.395 e. The van der Waals surface area contributed by atoms with E-state index in [1.165, 1.54) is 29.5 Å². The molecule has 0 saturated carbocycles. The molecule has 2 aliphatic rings. The van der Waals surface area contributed by atoms with Gasteiger partial charge < -0.3 is 26.2 Å². The van der Waals surface area contributed by atoms with Crippen molar-refractivity contribution >= 4 is 16.5 Å². The number of aliphatic hydroxyl groups excluding tert-OH is 2. The van der Waals surface area contributed by atoms with E-state index < -0.39 is 12.1 Å². The van der Waals surface area contributed by atoms with Gasteiger partial charge in [0.05, 0.1) is 24.4 Å². The topological polar surface area (TPSA) is 94.6 Å². The number of aromatic nitrogens is 1. The average Bonchev–Trinajstić information content (AvgIpc) is 3.30. The highest BCUT2D eigenvalue weighted by Gasteiger charge is 2.37. The van der Waals surface area contributed by atoms with Crippen molar-refractivity contribution in [3.05, 3.63) is 34.7 Å². The number of hydrogen-bond acceptors (Lipinski definition) is 7. The van der Waals surface area contributed by atoms with Crippen molar-refractivity contribution in [1.82, 2.24) is 10.3 Å². The number of thiazole rings is 1. The molecule has 6 nitrogen and oxygen atoms in total. The van der Waals surface area contributed by atoms with Gasteiger partial charge in [0.15, 0.2) is 5.13 Å². The van der Waals surface area contributed by atoms with Gasteiger partial charge in [-0.2, -0.15) is 0 Å². The van der Waals surface area contributed by atoms with Crippen LogP contribution in [0.4, 0.5) is 5.13 Å². The third-order valence-electron chi connectivity index (χ3n) is 7.73. The minimum Gasteiger partial charge on any atom is -0.395 e. The van der Waals surface area contributed by atoms with E-state index in [9.17, 15) is 5.11 Å². The first-order chi connectivity index (χ1) is 15.6. The van der Waals surface area contributed by atoms with Gasteiger partial charge in [-0.25, -0.2) is 4.98 Å². The molecule has 2 aromatic rings. The second-order valence-corrected chi connectivity index (χ2v) is 12.0. The standard InChI is InChI=1S/C26H40N4O2S/c1-25(2)9-10-26(3,4)20-13-17(5-6-19(20)25)22-16-33-24(29-22)30-11-7-18(8-12-30)28-14-23(32)21(27)15-31/h5-6,13,16,18,21,23,28,31-32H,7-12,14-15,27H2,1-4H3/t21-,23-/m0/s1. The Morgan fingerprint density at radius 3 is 2.48 bits per heavy atom. The first-order valence-electron chi connectivity index (χ1n) is 12.2. The van der Waals surface area contributed by atoms with Crippen LogP contribution in [0.15, 0.2) is 23.6 Å². The molecule has 33 heavy (non-hydrogen) atoms. The smallest absolute Gasteiger partial charge is 0.185 e. The lowest BCUT2D eigenvalue weighted by Crippen LogP contribution is -2.49. The van der Waals surface area contributed by atoms with E-state index in [1.54, 1.807) is 11.3 Å². The molecule has 0 bridgehead atoms. The Hall–Kier alpha value is -1.51. The maximum atomic E-state index is 9.96. The zero-order chi connectivity index (χ0) is 23.8. The van der Waals surface area contributed by atoms with Gasteiger partial charge in [-0.1, -0.05) is 39.8 Å². The van der Waals surface area contributed by atoms with Crippen LogP contribution in [0.2, 0.25) is 0 Å². The van der Waals surface area contributed by atoms with Crippen LogP contribution in [-0.4, -0.2) is 59.6 Å². The van der Waals surface area contributed by atoms with Gasteiger partial charge in [0.25, 0.3) is 0 Å². The molecule has 182 valence electrons. The van der Waals surface area contributed by atoms with Crippen molar-refractivity contribution in [2.45, 2.75) is 82.4 Å². The number of rotatable bonds is 7. The van der Waals surface area contributed by atoms with Crippen LogP contribution in [0.3, 0.4) is 0 Å². The first-order valence-corrected chi connectivity index (χ1v) is 13.1. The van der Waals surface area contributed by atoms with Crippen LogP contribution < -0.4 is 16.0 Å². The summed E-state index contributed by atoms with van der Waals surface area (Å²) in [6.45, 7) is 11.6. The molecule has 1 saturated heterocycles. The Morgan fingerprint density at radius 2 is 1.82 bits per heavy atom. The quantitative estimate of drug-likeness (QED) is 0.493. The Kier molecular flexibility index (Phi) is 7.18. The number of hydrogen-bond donors (Lipinski definition) is 4. The number of nitrogens with one attached hydrogen (secondary N) is 1. The lowest BCUT2D eigenvalue weighted by Gasteiger charge is -2.42. The highest BCUT2D eigenvalue weighted by Crippen LogP contribution is 2.47. The molecular weight excluding hydrogens is 432 g/mol. The van der Waals surface area contributed by atoms with Gasteiger partial charge in [0.1, 0.15) is 0 Å². The van der Waals surface area contributed by atoms with Crippen LogP contribution in [0.1, 0.15) is 64.5 Å². The zero-order valence-electron chi connectivity index (χ0n) is 20.5. The molecular formula is C26H40N4O2S. The van der Waals surface area contributed by atoms with Gasteiger partial charge in [-0.05, 0) is 53.7 Å². The van der Waals surface area contributed by atoms with Crippen molar-refractivity contribution in [2.75, 3.05) is 31.1 Å². The van der Waals surface area contributed by atoms with E-state index in [1.807, 2.05) is 0 Å².